The number of piperidine rings is 3. The summed E-state index contributed by atoms with van der Waals surface area (Å²) in [7, 11) is 5.69. The molecule has 4 saturated heterocycles. The van der Waals surface area contributed by atoms with Crippen molar-refractivity contribution in [1.29, 1.82) is 0 Å². The molecular weight excluding hydrogens is 1090 g/mol. The Bertz CT molecular complexity index is 2920. The topological polar surface area (TPSA) is 240 Å². The number of rotatable bonds is 21. The number of carbonyl (C=O) groups is 6. The average molecular weight is 1160 g/mol. The molecule has 0 spiro atoms. The van der Waals surface area contributed by atoms with Gasteiger partial charge >= 0.3 is 34.1 Å². The third kappa shape index (κ3) is 13.8. The van der Waals surface area contributed by atoms with E-state index in [1.165, 1.54) is 32.8 Å². The zero-order valence-electron chi connectivity index (χ0n) is 46.3. The van der Waals surface area contributed by atoms with Crippen LogP contribution in [0.15, 0.2) is 82.1 Å². The van der Waals surface area contributed by atoms with E-state index in [1.807, 2.05) is 48.5 Å². The number of ether oxygens (including phenoxy) is 5. The van der Waals surface area contributed by atoms with Crippen LogP contribution in [0.4, 0.5) is 4.79 Å². The molecular formula is C54H67B2ClN7O14S2+. The molecule has 9 rings (SSSR count). The van der Waals surface area contributed by atoms with E-state index in [0.29, 0.717) is 34.8 Å². The zero-order chi connectivity index (χ0) is 57.5. The molecule has 0 radical (unpaired) electrons. The molecule has 3 aromatic carbocycles. The first-order valence-corrected chi connectivity index (χ1v) is 28.7. The SMILES string of the molecule is BOC(=O)C1=C(C[N+]23CCC(CNC(=O)c4ccc(OCc5ccc(OC)cc5)c(OCc5ccc(OC)cc5)c4Cl)(CC2)CC3)CS[C@@H]2[C@H](NC(=O)/C(=N\O[C@H](C(=O)OB)C(C)C)C3CSC(NC(=O)OC(C)(C)C)=N3)C(=O)N12. The minimum Gasteiger partial charge on any atom is -0.541 e. The highest BCUT2D eigenvalue weighted by Gasteiger charge is 2.57. The molecule has 21 nitrogen and oxygen atoms in total. The van der Waals surface area contributed by atoms with Gasteiger partial charge in [0.2, 0.25) is 6.10 Å². The Kier molecular flexibility index (Phi) is 19.0. The van der Waals surface area contributed by atoms with Crippen LogP contribution in [0.5, 0.6) is 23.0 Å². The van der Waals surface area contributed by atoms with E-state index in [1.54, 1.807) is 61.0 Å². The van der Waals surface area contributed by atoms with E-state index in [0.717, 1.165) is 73.1 Å². The highest BCUT2D eigenvalue weighted by molar-refractivity contribution is 8.14. The number of benzene rings is 3. The Morgan fingerprint density at radius 3 is 2.10 bits per heavy atom. The lowest BCUT2D eigenvalue weighted by Gasteiger charge is -2.56. The number of hydrogen-bond acceptors (Lipinski definition) is 18. The van der Waals surface area contributed by atoms with Crippen molar-refractivity contribution < 1.29 is 71.1 Å². The summed E-state index contributed by atoms with van der Waals surface area (Å²) in [4.78, 5) is 92.8. The number of amidine groups is 1. The summed E-state index contributed by atoms with van der Waals surface area (Å²) in [5.41, 5.74) is 1.77. The van der Waals surface area contributed by atoms with Crippen LogP contribution in [0.1, 0.15) is 75.4 Å². The van der Waals surface area contributed by atoms with Crippen molar-refractivity contribution in [3.05, 3.63) is 93.6 Å². The second-order valence-corrected chi connectivity index (χ2v) is 24.1. The molecule has 2 bridgehead atoms. The first-order chi connectivity index (χ1) is 38.2. The number of nitrogens with one attached hydrogen (secondary N) is 3. The average Bonchev–Trinajstić information content (AvgIpc) is 3.91. The Labute approximate surface area is 480 Å². The lowest BCUT2D eigenvalue weighted by atomic mass is 9.70. The van der Waals surface area contributed by atoms with E-state index < -0.39 is 64.9 Å². The minimum absolute atomic E-state index is 0.128. The fraction of sp³-hybridized carbons (Fsp3) is 0.481. The number of β-lactam (4-membered cyclic amide) rings is 1. The van der Waals surface area contributed by atoms with Gasteiger partial charge in [0.05, 0.1) is 44.4 Å². The summed E-state index contributed by atoms with van der Waals surface area (Å²) < 4.78 is 39.4. The molecule has 26 heteroatoms. The lowest BCUT2D eigenvalue weighted by molar-refractivity contribution is -0.941. The molecule has 4 atom stereocenters. The summed E-state index contributed by atoms with van der Waals surface area (Å²) in [6.45, 7) is 12.3. The van der Waals surface area contributed by atoms with Gasteiger partial charge in [-0.15, -0.1) is 11.8 Å². The van der Waals surface area contributed by atoms with Gasteiger partial charge in [-0.05, 0) is 68.3 Å². The molecule has 6 heterocycles. The molecule has 0 saturated carbocycles. The predicted octanol–water partition coefficient (Wildman–Crippen LogP) is 4.48. The molecule has 4 amide bonds. The van der Waals surface area contributed by atoms with Crippen LogP contribution in [0.3, 0.4) is 0 Å². The van der Waals surface area contributed by atoms with Crippen molar-refractivity contribution >= 4 is 97.9 Å². The molecule has 80 heavy (non-hydrogen) atoms. The molecule has 4 fully saturated rings. The normalized spacial score (nSPS) is 22.7. The number of carbonyl (C=O) groups excluding carboxylic acids is 6. The maximum atomic E-state index is 14.2. The number of fused-ring (bicyclic) bond motifs is 4. The van der Waals surface area contributed by atoms with Crippen molar-refractivity contribution in [3.8, 4) is 23.0 Å². The van der Waals surface area contributed by atoms with Crippen molar-refractivity contribution in [2.75, 3.05) is 58.4 Å². The fourth-order valence-electron chi connectivity index (χ4n) is 10.1. The second kappa shape index (κ2) is 25.5. The molecule has 0 aromatic heterocycles. The van der Waals surface area contributed by atoms with Gasteiger partial charge in [0.15, 0.2) is 22.4 Å². The molecule has 3 N–H and O–H groups in total. The minimum atomic E-state index is -1.16. The fourth-order valence-corrected chi connectivity index (χ4v) is 12.7. The largest absolute Gasteiger partial charge is 0.541 e. The van der Waals surface area contributed by atoms with E-state index in [9.17, 15) is 28.8 Å². The van der Waals surface area contributed by atoms with E-state index in [2.05, 4.69) is 26.1 Å². The van der Waals surface area contributed by atoms with Crippen molar-refractivity contribution in [2.24, 2.45) is 21.5 Å². The summed E-state index contributed by atoms with van der Waals surface area (Å²) in [5.74, 6) is -0.771. The summed E-state index contributed by atoms with van der Waals surface area (Å²) >= 11 is 9.62. The first kappa shape index (κ1) is 59.6. The van der Waals surface area contributed by atoms with Crippen LogP contribution in [0, 0.1) is 11.3 Å². The number of nitrogens with zero attached hydrogens (tertiary/aromatic N) is 4. The van der Waals surface area contributed by atoms with Crippen LogP contribution in [-0.4, -0.2) is 160 Å². The predicted molar refractivity (Wildman–Crippen MR) is 306 cm³/mol. The number of amides is 4. The number of hydrogen-bond donors (Lipinski definition) is 3. The van der Waals surface area contributed by atoms with Crippen LogP contribution < -0.4 is 34.9 Å². The van der Waals surface area contributed by atoms with E-state index >= 15 is 0 Å². The van der Waals surface area contributed by atoms with Crippen LogP contribution >= 0.6 is 35.1 Å². The van der Waals surface area contributed by atoms with Gasteiger partial charge in [-0.25, -0.2) is 14.4 Å². The smallest absolute Gasteiger partial charge is 0.413 e. The van der Waals surface area contributed by atoms with Gasteiger partial charge < -0.3 is 52.9 Å². The maximum absolute atomic E-state index is 14.2. The van der Waals surface area contributed by atoms with Gasteiger partial charge in [-0.2, -0.15) is 0 Å². The zero-order valence-corrected chi connectivity index (χ0v) is 48.7. The van der Waals surface area contributed by atoms with Crippen molar-refractivity contribution in [3.63, 3.8) is 0 Å². The van der Waals surface area contributed by atoms with Crippen molar-refractivity contribution in [1.82, 2.24) is 20.9 Å². The molecule has 3 aromatic rings. The summed E-state index contributed by atoms with van der Waals surface area (Å²) in [6, 6.07) is 16.3. The van der Waals surface area contributed by atoms with Gasteiger partial charge in [-0.3, -0.25) is 29.6 Å². The molecule has 1 unspecified atom stereocenters. The van der Waals surface area contributed by atoms with E-state index in [4.69, 9.17) is 49.4 Å². The van der Waals surface area contributed by atoms with Gasteiger partial charge in [0, 0.05) is 54.2 Å². The Balaban J connectivity index is 0.917. The number of thioether (sulfide) groups is 2. The Hall–Kier alpha value is -6.56. The van der Waals surface area contributed by atoms with Gasteiger partial charge in [0.25, 0.3) is 17.7 Å². The summed E-state index contributed by atoms with van der Waals surface area (Å²) in [6.07, 6.45) is 0.547. The Morgan fingerprint density at radius 2 is 1.52 bits per heavy atom. The highest BCUT2D eigenvalue weighted by atomic mass is 35.5. The lowest BCUT2D eigenvalue weighted by Crippen LogP contribution is -2.72. The van der Waals surface area contributed by atoms with Crippen LogP contribution in [-0.2, 0) is 51.3 Å². The number of methoxy groups -OCH3 is 2. The number of aliphatic imine (C=N–C) groups is 1. The number of halogens is 1. The van der Waals surface area contributed by atoms with Gasteiger partial charge in [-0.1, -0.05) is 66.6 Å². The third-order valence-electron chi connectivity index (χ3n) is 14.7. The molecule has 426 valence electrons. The molecule has 6 aliphatic heterocycles. The molecule has 6 aliphatic rings. The number of oxime groups is 1. The number of quaternary nitrogens is 1. The van der Waals surface area contributed by atoms with Crippen molar-refractivity contribution in [2.45, 2.75) is 96.3 Å². The first-order valence-electron chi connectivity index (χ1n) is 26.2. The molecule has 0 aliphatic carbocycles. The quantitative estimate of drug-likeness (QED) is 0.0438. The van der Waals surface area contributed by atoms with Gasteiger partial charge in [0.1, 0.15) is 60.0 Å². The highest BCUT2D eigenvalue weighted by Crippen LogP contribution is 2.47. The summed E-state index contributed by atoms with van der Waals surface area (Å²) in [5, 5.41) is 12.4. The Morgan fingerprint density at radius 1 is 0.900 bits per heavy atom. The van der Waals surface area contributed by atoms with Crippen LogP contribution in [0.25, 0.3) is 0 Å². The standard InChI is InChI=1S/C54H66B2ClN7O14S2/c1-30(2)43(50(69)77-56)78-62-40(37-28-80-51(59-37)61-52(70)75-53(3,4)5)46(66)60-41-47(67)63-42(49(68)76-55)33(27-79-48(41)63)24-64-21-18-54(19-22-64,20-23-64)29-58-45(65)36-16-17-38(73-25-31-8-12-34(71-6)13-9-31)44(39(36)57)74-26-32-10-14-35(72-7)15-11-32/h8-17,30,37,41,43,48H,18-29,55-56H2,1-7H3,(H2-,58,59,60,61,65,66,70)/p+1/b62-40-/t37?,41-,43+,48-,54?,64?/m1/s1. The number of alkyl carbamates (subject to hydrolysis) is 1. The van der Waals surface area contributed by atoms with E-state index in [-0.39, 0.29) is 63.2 Å². The monoisotopic (exact) mass is 1160 g/mol. The van der Waals surface area contributed by atoms with Crippen LogP contribution in [0.2, 0.25) is 5.02 Å². The third-order valence-corrected chi connectivity index (χ3v) is 17.4. The maximum Gasteiger partial charge on any atom is 0.413 e. The second-order valence-electron chi connectivity index (χ2n) is 21.6.